The van der Waals surface area contributed by atoms with Crippen LogP contribution in [0.25, 0.3) is 0 Å². The van der Waals surface area contributed by atoms with Crippen molar-refractivity contribution in [1.29, 1.82) is 0 Å². The highest BCUT2D eigenvalue weighted by molar-refractivity contribution is 7.92. The molecule has 6 nitrogen and oxygen atoms in total. The van der Waals surface area contributed by atoms with E-state index in [1.165, 1.54) is 17.1 Å². The van der Waals surface area contributed by atoms with E-state index < -0.39 is 16.1 Å². The molecule has 2 aromatic carbocycles. The minimum Gasteiger partial charge on any atom is -0.490 e. The summed E-state index contributed by atoms with van der Waals surface area (Å²) in [5.41, 5.74) is 3.14. The normalized spacial score (nSPS) is 15.5. The number of nitrogens with zero attached hydrogens (tertiary/aromatic N) is 1. The molecule has 1 fully saturated rings. The van der Waals surface area contributed by atoms with Crippen LogP contribution in [-0.2, 0) is 14.8 Å². The van der Waals surface area contributed by atoms with E-state index >= 15 is 0 Å². The van der Waals surface area contributed by atoms with Crippen molar-refractivity contribution in [3.05, 3.63) is 53.6 Å². The van der Waals surface area contributed by atoms with Gasteiger partial charge >= 0.3 is 0 Å². The Balaban J connectivity index is 1.77. The first-order valence-corrected chi connectivity index (χ1v) is 12.7. The minimum absolute atomic E-state index is 0.270. The Morgan fingerprint density at radius 1 is 1.10 bits per heavy atom. The zero-order chi connectivity index (χ0) is 22.6. The van der Waals surface area contributed by atoms with Crippen LogP contribution < -0.4 is 14.4 Å². The van der Waals surface area contributed by atoms with E-state index in [4.69, 9.17) is 4.74 Å². The second-order valence-electron chi connectivity index (χ2n) is 8.29. The fourth-order valence-corrected chi connectivity index (χ4v) is 5.17. The van der Waals surface area contributed by atoms with Crippen molar-refractivity contribution in [1.82, 2.24) is 0 Å². The van der Waals surface area contributed by atoms with E-state index in [9.17, 15) is 13.2 Å². The molecule has 1 N–H and O–H groups in total. The zero-order valence-corrected chi connectivity index (χ0v) is 19.5. The highest BCUT2D eigenvalue weighted by atomic mass is 32.2. The molecule has 7 heteroatoms. The number of benzene rings is 2. The second-order valence-corrected chi connectivity index (χ2v) is 10.1. The zero-order valence-electron chi connectivity index (χ0n) is 18.7. The second kappa shape index (κ2) is 9.73. The molecular formula is C24H32N2O4S. The monoisotopic (exact) mass is 444 g/mol. The van der Waals surface area contributed by atoms with Crippen LogP contribution in [0, 0.1) is 13.8 Å². The fraction of sp³-hybridized carbons (Fsp3) is 0.458. The van der Waals surface area contributed by atoms with Crippen LogP contribution in [0.2, 0.25) is 0 Å². The maximum atomic E-state index is 13.1. The van der Waals surface area contributed by atoms with Gasteiger partial charge in [-0.1, -0.05) is 13.0 Å². The molecule has 31 heavy (non-hydrogen) atoms. The molecule has 3 rings (SSSR count). The average Bonchev–Trinajstić information content (AvgIpc) is 3.22. The van der Waals surface area contributed by atoms with E-state index in [-0.39, 0.29) is 12.0 Å². The van der Waals surface area contributed by atoms with Crippen molar-refractivity contribution < 1.29 is 17.9 Å². The number of ether oxygens (including phenoxy) is 1. The van der Waals surface area contributed by atoms with E-state index in [0.717, 1.165) is 36.0 Å². The minimum atomic E-state index is -3.66. The van der Waals surface area contributed by atoms with Gasteiger partial charge < -0.3 is 10.1 Å². The third-order valence-corrected chi connectivity index (χ3v) is 6.98. The lowest BCUT2D eigenvalue weighted by Crippen LogP contribution is -2.47. The number of carbonyl (C=O) groups excluding carboxylic acids is 1. The number of sulfonamides is 1. The van der Waals surface area contributed by atoms with Crippen molar-refractivity contribution in [3.63, 3.8) is 0 Å². The van der Waals surface area contributed by atoms with Gasteiger partial charge in [0, 0.05) is 5.69 Å². The lowest BCUT2D eigenvalue weighted by Gasteiger charge is -2.30. The van der Waals surface area contributed by atoms with Crippen LogP contribution in [0.3, 0.4) is 0 Å². The molecule has 0 unspecified atom stereocenters. The number of carbonyl (C=O) groups is 1. The molecule has 0 bridgehead atoms. The molecule has 0 spiro atoms. The summed E-state index contributed by atoms with van der Waals surface area (Å²) in [4.78, 5) is 13.1. The van der Waals surface area contributed by atoms with Crippen molar-refractivity contribution in [3.8, 4) is 5.75 Å². The van der Waals surface area contributed by atoms with Crippen LogP contribution in [0.4, 0.5) is 11.4 Å². The molecule has 0 aromatic heterocycles. The fourth-order valence-electron chi connectivity index (χ4n) is 3.96. The molecule has 0 aliphatic heterocycles. The van der Waals surface area contributed by atoms with Crippen LogP contribution in [0.5, 0.6) is 5.75 Å². The topological polar surface area (TPSA) is 75.7 Å². The predicted octanol–water partition coefficient (Wildman–Crippen LogP) is 4.81. The van der Waals surface area contributed by atoms with Gasteiger partial charge in [0.25, 0.3) is 0 Å². The van der Waals surface area contributed by atoms with Gasteiger partial charge in [0.15, 0.2) is 0 Å². The summed E-state index contributed by atoms with van der Waals surface area (Å²) in [6.07, 6.45) is 6.31. The third kappa shape index (κ3) is 5.79. The highest BCUT2D eigenvalue weighted by Crippen LogP contribution is 2.27. The van der Waals surface area contributed by atoms with Crippen LogP contribution in [0.15, 0.2) is 42.5 Å². The van der Waals surface area contributed by atoms with Crippen LogP contribution in [-0.4, -0.2) is 32.7 Å². The van der Waals surface area contributed by atoms with Gasteiger partial charge in [0.05, 0.1) is 18.0 Å². The molecule has 0 heterocycles. The summed E-state index contributed by atoms with van der Waals surface area (Å²) in [5, 5.41) is 2.86. The first kappa shape index (κ1) is 23.1. The maximum Gasteiger partial charge on any atom is 0.248 e. The summed E-state index contributed by atoms with van der Waals surface area (Å²) in [6.45, 7) is 5.70. The van der Waals surface area contributed by atoms with Gasteiger partial charge in [-0.25, -0.2) is 8.42 Å². The van der Waals surface area contributed by atoms with Gasteiger partial charge in [-0.2, -0.15) is 0 Å². The van der Waals surface area contributed by atoms with Gasteiger partial charge in [0.1, 0.15) is 11.8 Å². The molecule has 1 aliphatic carbocycles. The Hall–Kier alpha value is -2.54. The third-order valence-electron chi connectivity index (χ3n) is 5.80. The Kier molecular flexibility index (Phi) is 7.26. The summed E-state index contributed by atoms with van der Waals surface area (Å²) >= 11 is 0. The Labute approximate surface area is 185 Å². The first-order chi connectivity index (χ1) is 14.7. The molecule has 168 valence electrons. The summed E-state index contributed by atoms with van der Waals surface area (Å²) in [5.74, 6) is 0.417. The van der Waals surface area contributed by atoms with E-state index in [2.05, 4.69) is 5.32 Å². The van der Waals surface area contributed by atoms with Crippen LogP contribution >= 0.6 is 0 Å². The summed E-state index contributed by atoms with van der Waals surface area (Å²) in [7, 11) is -3.66. The van der Waals surface area contributed by atoms with E-state index in [1.54, 1.807) is 18.2 Å². The molecule has 0 saturated heterocycles. The van der Waals surface area contributed by atoms with Crippen molar-refractivity contribution in [2.24, 2.45) is 0 Å². The number of amides is 1. The molecule has 1 atom stereocenters. The van der Waals surface area contributed by atoms with Gasteiger partial charge in [-0.3, -0.25) is 9.10 Å². The maximum absolute atomic E-state index is 13.1. The standard InChI is InChI=1S/C24H32N2O4S/c1-5-23(26(31(4,28)29)20-13-10-17(2)18(3)16-20)24(27)25-19-11-14-22(15-12-19)30-21-8-6-7-9-21/h10-16,21,23H,5-9H2,1-4H3,(H,25,27)/t23-/m1/s1. The number of hydrogen-bond acceptors (Lipinski definition) is 4. The Morgan fingerprint density at radius 3 is 2.29 bits per heavy atom. The smallest absolute Gasteiger partial charge is 0.248 e. The summed E-state index contributed by atoms with van der Waals surface area (Å²) in [6, 6.07) is 11.8. The van der Waals surface area contributed by atoms with E-state index in [0.29, 0.717) is 17.8 Å². The number of aryl methyl sites for hydroxylation is 2. The largest absolute Gasteiger partial charge is 0.490 e. The summed E-state index contributed by atoms with van der Waals surface area (Å²) < 4.78 is 32.4. The molecule has 1 aliphatic rings. The molecule has 1 saturated carbocycles. The molecule has 0 radical (unpaired) electrons. The van der Waals surface area contributed by atoms with Gasteiger partial charge in [-0.15, -0.1) is 0 Å². The SMILES string of the molecule is CC[C@H](C(=O)Nc1ccc(OC2CCCC2)cc1)N(c1ccc(C)c(C)c1)S(C)(=O)=O. The van der Waals surface area contributed by atoms with Gasteiger partial charge in [-0.05, 0) is 93.5 Å². The lowest BCUT2D eigenvalue weighted by atomic mass is 10.1. The predicted molar refractivity (Wildman–Crippen MR) is 125 cm³/mol. The van der Waals surface area contributed by atoms with Crippen molar-refractivity contribution in [2.45, 2.75) is 65.0 Å². The first-order valence-electron chi connectivity index (χ1n) is 10.8. The quantitative estimate of drug-likeness (QED) is 0.634. The lowest BCUT2D eigenvalue weighted by molar-refractivity contribution is -0.117. The molecular weight excluding hydrogens is 412 g/mol. The Bertz CT molecular complexity index is 1010. The Morgan fingerprint density at radius 2 is 1.74 bits per heavy atom. The van der Waals surface area contributed by atoms with Gasteiger partial charge in [0.2, 0.25) is 15.9 Å². The molecule has 2 aromatic rings. The molecule has 1 amide bonds. The number of rotatable bonds is 8. The highest BCUT2D eigenvalue weighted by Gasteiger charge is 2.31. The average molecular weight is 445 g/mol. The van der Waals surface area contributed by atoms with E-state index in [1.807, 2.05) is 45.0 Å². The number of nitrogens with one attached hydrogen (secondary N) is 1. The number of anilines is 2. The van der Waals surface area contributed by atoms with Crippen LogP contribution in [0.1, 0.15) is 50.2 Å². The van der Waals surface area contributed by atoms with Crippen molar-refractivity contribution >= 4 is 27.3 Å². The number of hydrogen-bond donors (Lipinski definition) is 1. The van der Waals surface area contributed by atoms with Crippen molar-refractivity contribution in [2.75, 3.05) is 15.9 Å².